The lowest BCUT2D eigenvalue weighted by Gasteiger charge is -2.14. The smallest absolute Gasteiger partial charge is 0.343 e. The van der Waals surface area contributed by atoms with Crippen LogP contribution in [0.15, 0.2) is 48.5 Å². The quantitative estimate of drug-likeness (QED) is 0.257. The van der Waals surface area contributed by atoms with Crippen molar-refractivity contribution in [2.24, 2.45) is 0 Å². The van der Waals surface area contributed by atoms with Crippen molar-refractivity contribution >= 4 is 5.97 Å². The van der Waals surface area contributed by atoms with Crippen LogP contribution < -0.4 is 9.47 Å². The molecule has 152 valence electrons. The highest BCUT2D eigenvalue weighted by molar-refractivity contribution is 5.91. The highest BCUT2D eigenvalue weighted by atomic mass is 16.5. The van der Waals surface area contributed by atoms with Gasteiger partial charge < -0.3 is 14.2 Å². The van der Waals surface area contributed by atoms with Gasteiger partial charge in [0, 0.05) is 6.61 Å². The van der Waals surface area contributed by atoms with E-state index in [0.717, 1.165) is 43.6 Å². The maximum absolute atomic E-state index is 12.4. The van der Waals surface area contributed by atoms with Gasteiger partial charge in [0.05, 0.1) is 17.8 Å². The van der Waals surface area contributed by atoms with E-state index in [1.807, 2.05) is 31.2 Å². The summed E-state index contributed by atoms with van der Waals surface area (Å²) in [5, 5.41) is 0. The van der Waals surface area contributed by atoms with E-state index in [9.17, 15) is 4.79 Å². The fourth-order valence-corrected chi connectivity index (χ4v) is 2.84. The molecule has 0 aliphatic rings. The Morgan fingerprint density at radius 3 is 2.14 bits per heavy atom. The highest BCUT2D eigenvalue weighted by Gasteiger charge is 2.11. The number of hydrogen-bond acceptors (Lipinski definition) is 4. The first-order chi connectivity index (χ1) is 13.5. The van der Waals surface area contributed by atoms with E-state index in [-0.39, 0.29) is 18.2 Å². The average Bonchev–Trinajstić information content (AvgIpc) is 2.70. The maximum Gasteiger partial charge on any atom is 0.343 e. The predicted octanol–water partition coefficient (Wildman–Crippen LogP) is 6.35. The van der Waals surface area contributed by atoms with E-state index in [4.69, 9.17) is 14.2 Å². The van der Waals surface area contributed by atoms with Crippen LogP contribution in [0.3, 0.4) is 0 Å². The summed E-state index contributed by atoms with van der Waals surface area (Å²) in [6.45, 7) is 9.10. The lowest BCUT2D eigenvalue weighted by atomic mass is 10.1. The molecule has 0 aliphatic carbocycles. The fraction of sp³-hybridized carbons (Fsp3) is 0.458. The first-order valence-electron chi connectivity index (χ1n) is 10.2. The number of ether oxygens (including phenoxy) is 3. The number of hydrogen-bond donors (Lipinski definition) is 0. The maximum atomic E-state index is 12.4. The summed E-state index contributed by atoms with van der Waals surface area (Å²) < 4.78 is 17.1. The van der Waals surface area contributed by atoms with Crippen LogP contribution in [0.1, 0.15) is 75.4 Å². The fourth-order valence-electron chi connectivity index (χ4n) is 2.84. The largest absolute Gasteiger partial charge is 0.491 e. The van der Waals surface area contributed by atoms with Gasteiger partial charge >= 0.3 is 5.97 Å². The van der Waals surface area contributed by atoms with Gasteiger partial charge in [0.25, 0.3) is 0 Å². The van der Waals surface area contributed by atoms with Crippen LogP contribution in [0.5, 0.6) is 11.5 Å². The highest BCUT2D eigenvalue weighted by Crippen LogP contribution is 2.22. The van der Waals surface area contributed by atoms with Crippen molar-refractivity contribution in [1.82, 2.24) is 0 Å². The molecule has 2 rings (SSSR count). The Kier molecular flexibility index (Phi) is 9.02. The van der Waals surface area contributed by atoms with E-state index < -0.39 is 0 Å². The molecule has 0 amide bonds. The number of carbonyl (C=O) groups excluding carboxylic acids is 1. The topological polar surface area (TPSA) is 44.8 Å². The summed E-state index contributed by atoms with van der Waals surface area (Å²) in [6, 6.07) is 14.6. The minimum Gasteiger partial charge on any atom is -0.491 e. The van der Waals surface area contributed by atoms with Gasteiger partial charge in [-0.25, -0.2) is 4.79 Å². The zero-order chi connectivity index (χ0) is 20.4. The molecule has 0 N–H and O–H groups in total. The third-order valence-corrected chi connectivity index (χ3v) is 4.55. The van der Waals surface area contributed by atoms with Crippen molar-refractivity contribution in [3.63, 3.8) is 0 Å². The van der Waals surface area contributed by atoms with Crippen LogP contribution >= 0.6 is 0 Å². The molecule has 0 bridgehead atoms. The minimum atomic E-state index is -0.376. The van der Waals surface area contributed by atoms with E-state index in [1.54, 1.807) is 24.3 Å². The molecule has 0 spiro atoms. The van der Waals surface area contributed by atoms with Gasteiger partial charge in [-0.1, -0.05) is 38.8 Å². The number of benzene rings is 2. The Labute approximate surface area is 168 Å². The van der Waals surface area contributed by atoms with Crippen LogP contribution in [0.2, 0.25) is 0 Å². The zero-order valence-electron chi connectivity index (χ0n) is 17.4. The summed E-state index contributed by atoms with van der Waals surface area (Å²) in [6.07, 6.45) is 4.44. The lowest BCUT2D eigenvalue weighted by molar-refractivity contribution is 0.0635. The molecular formula is C24H32O4. The Balaban J connectivity index is 1.90. The molecule has 2 aromatic rings. The van der Waals surface area contributed by atoms with Crippen molar-refractivity contribution < 1.29 is 19.0 Å². The third kappa shape index (κ3) is 7.01. The molecule has 0 aromatic heterocycles. The normalized spacial score (nSPS) is 13.0. The van der Waals surface area contributed by atoms with Crippen LogP contribution in [-0.4, -0.2) is 18.7 Å². The number of carbonyl (C=O) groups is 1. The van der Waals surface area contributed by atoms with Gasteiger partial charge in [0.15, 0.2) is 0 Å². The van der Waals surface area contributed by atoms with Crippen molar-refractivity contribution in [2.45, 2.75) is 65.6 Å². The molecule has 0 aliphatic heterocycles. The Bertz CT molecular complexity index is 706. The number of rotatable bonds is 11. The van der Waals surface area contributed by atoms with Gasteiger partial charge in [0.1, 0.15) is 11.5 Å². The molecule has 4 heteroatoms. The molecule has 0 saturated heterocycles. The Morgan fingerprint density at radius 1 is 0.893 bits per heavy atom. The first-order valence-corrected chi connectivity index (χ1v) is 10.2. The molecule has 0 saturated carbocycles. The summed E-state index contributed by atoms with van der Waals surface area (Å²) in [5.74, 6) is 0.905. The number of esters is 1. The van der Waals surface area contributed by atoms with Gasteiger partial charge in [-0.15, -0.1) is 0 Å². The van der Waals surface area contributed by atoms with Gasteiger partial charge in [0.2, 0.25) is 0 Å². The van der Waals surface area contributed by atoms with E-state index >= 15 is 0 Å². The SMILES string of the molecule is CCCCOC(C)c1ccc(C(=O)Oc2ccc(OC(C)CCC)cc2)cc1. The van der Waals surface area contributed by atoms with Crippen molar-refractivity contribution in [1.29, 1.82) is 0 Å². The summed E-state index contributed by atoms with van der Waals surface area (Å²) in [7, 11) is 0. The van der Waals surface area contributed by atoms with Gasteiger partial charge in [-0.05, 0) is 68.7 Å². The van der Waals surface area contributed by atoms with E-state index in [2.05, 4.69) is 20.8 Å². The Morgan fingerprint density at radius 2 is 1.54 bits per heavy atom. The molecule has 4 nitrogen and oxygen atoms in total. The minimum absolute atomic E-state index is 0.0132. The monoisotopic (exact) mass is 384 g/mol. The molecule has 2 aromatic carbocycles. The molecule has 0 heterocycles. The van der Waals surface area contributed by atoms with Crippen molar-refractivity contribution in [3.05, 3.63) is 59.7 Å². The molecule has 2 atom stereocenters. The molecule has 28 heavy (non-hydrogen) atoms. The predicted molar refractivity (Wildman–Crippen MR) is 112 cm³/mol. The number of unbranched alkanes of at least 4 members (excludes halogenated alkanes) is 1. The second-order valence-corrected chi connectivity index (χ2v) is 7.07. The van der Waals surface area contributed by atoms with Crippen LogP contribution in [0, 0.1) is 0 Å². The molecule has 0 fully saturated rings. The van der Waals surface area contributed by atoms with Gasteiger partial charge in [-0.3, -0.25) is 0 Å². The van der Waals surface area contributed by atoms with Crippen molar-refractivity contribution in [2.75, 3.05) is 6.61 Å². The molecule has 2 unspecified atom stereocenters. The standard InChI is InChI=1S/C24H32O4/c1-5-7-17-26-19(4)20-9-11-21(12-10-20)24(25)28-23-15-13-22(14-16-23)27-18(3)8-6-2/h9-16,18-19H,5-8,17H2,1-4H3. The second kappa shape index (κ2) is 11.5. The summed E-state index contributed by atoms with van der Waals surface area (Å²) in [4.78, 5) is 12.4. The molecular weight excluding hydrogens is 352 g/mol. The van der Waals surface area contributed by atoms with Gasteiger partial charge in [-0.2, -0.15) is 0 Å². The van der Waals surface area contributed by atoms with Crippen LogP contribution in [0.4, 0.5) is 0 Å². The molecule has 0 radical (unpaired) electrons. The zero-order valence-corrected chi connectivity index (χ0v) is 17.4. The van der Waals surface area contributed by atoms with E-state index in [1.165, 1.54) is 0 Å². The summed E-state index contributed by atoms with van der Waals surface area (Å²) in [5.41, 5.74) is 1.57. The third-order valence-electron chi connectivity index (χ3n) is 4.55. The second-order valence-electron chi connectivity index (χ2n) is 7.07. The lowest BCUT2D eigenvalue weighted by Crippen LogP contribution is -2.11. The first kappa shape index (κ1) is 22.0. The Hall–Kier alpha value is -2.33. The average molecular weight is 385 g/mol. The van der Waals surface area contributed by atoms with Crippen molar-refractivity contribution in [3.8, 4) is 11.5 Å². The summed E-state index contributed by atoms with van der Waals surface area (Å²) >= 11 is 0. The van der Waals surface area contributed by atoms with Crippen LogP contribution in [-0.2, 0) is 4.74 Å². The van der Waals surface area contributed by atoms with Crippen LogP contribution in [0.25, 0.3) is 0 Å². The van der Waals surface area contributed by atoms with E-state index in [0.29, 0.717) is 11.3 Å².